The Balaban J connectivity index is 1.78. The van der Waals surface area contributed by atoms with Gasteiger partial charge in [0, 0.05) is 18.6 Å². The Labute approximate surface area is 117 Å². The predicted octanol–water partition coefficient (Wildman–Crippen LogP) is 1.35. The third-order valence-corrected chi connectivity index (χ3v) is 4.75. The van der Waals surface area contributed by atoms with E-state index in [1.807, 2.05) is 0 Å². The zero-order valence-electron chi connectivity index (χ0n) is 12.4. The van der Waals surface area contributed by atoms with Crippen molar-refractivity contribution in [2.24, 2.45) is 17.6 Å². The van der Waals surface area contributed by atoms with E-state index in [1.54, 1.807) is 0 Å². The Kier molecular flexibility index (Phi) is 5.22. The average Bonchev–Trinajstić information content (AvgIpc) is 2.85. The second-order valence-electron chi connectivity index (χ2n) is 6.51. The highest BCUT2D eigenvalue weighted by Crippen LogP contribution is 2.28. The standard InChI is InChI=1S/C15H29N3O/c1-11-6-5-7-13(14(11)16)15(19)17-12(2)10-18-8-3-4-9-18/h11-14H,3-10,16H2,1-2H3,(H,17,19). The van der Waals surface area contributed by atoms with Crippen molar-refractivity contribution < 1.29 is 4.79 Å². The predicted molar refractivity (Wildman–Crippen MR) is 77.8 cm³/mol. The van der Waals surface area contributed by atoms with Gasteiger partial charge in [-0.1, -0.05) is 13.3 Å². The first-order valence-electron chi connectivity index (χ1n) is 7.86. The summed E-state index contributed by atoms with van der Waals surface area (Å²) >= 11 is 0. The largest absolute Gasteiger partial charge is 0.352 e. The molecule has 110 valence electrons. The number of rotatable bonds is 4. The van der Waals surface area contributed by atoms with Gasteiger partial charge in [0.1, 0.15) is 0 Å². The molecule has 19 heavy (non-hydrogen) atoms. The normalized spacial score (nSPS) is 34.2. The first-order chi connectivity index (χ1) is 9.08. The molecule has 1 saturated carbocycles. The third kappa shape index (κ3) is 3.93. The van der Waals surface area contributed by atoms with Crippen LogP contribution in [0.1, 0.15) is 46.0 Å². The van der Waals surface area contributed by atoms with Gasteiger partial charge >= 0.3 is 0 Å². The van der Waals surface area contributed by atoms with E-state index in [0.29, 0.717) is 5.92 Å². The van der Waals surface area contributed by atoms with E-state index in [-0.39, 0.29) is 23.9 Å². The molecule has 3 N–H and O–H groups in total. The van der Waals surface area contributed by atoms with E-state index in [0.717, 1.165) is 25.8 Å². The molecule has 4 heteroatoms. The zero-order valence-corrected chi connectivity index (χ0v) is 12.4. The smallest absolute Gasteiger partial charge is 0.224 e. The van der Waals surface area contributed by atoms with E-state index < -0.39 is 0 Å². The van der Waals surface area contributed by atoms with Crippen molar-refractivity contribution in [3.63, 3.8) is 0 Å². The van der Waals surface area contributed by atoms with Crippen LogP contribution in [0.5, 0.6) is 0 Å². The van der Waals surface area contributed by atoms with Crippen molar-refractivity contribution in [1.29, 1.82) is 0 Å². The highest BCUT2D eigenvalue weighted by Gasteiger charge is 2.33. The second-order valence-corrected chi connectivity index (χ2v) is 6.51. The molecule has 4 nitrogen and oxygen atoms in total. The average molecular weight is 267 g/mol. The van der Waals surface area contributed by atoms with Gasteiger partial charge in [-0.2, -0.15) is 0 Å². The van der Waals surface area contributed by atoms with Gasteiger partial charge < -0.3 is 16.0 Å². The molecule has 0 radical (unpaired) electrons. The molecule has 1 aliphatic heterocycles. The lowest BCUT2D eigenvalue weighted by molar-refractivity contribution is -0.127. The number of likely N-dealkylation sites (tertiary alicyclic amines) is 1. The van der Waals surface area contributed by atoms with Crippen LogP contribution in [0.2, 0.25) is 0 Å². The lowest BCUT2D eigenvalue weighted by Gasteiger charge is -2.34. The van der Waals surface area contributed by atoms with Gasteiger partial charge in [-0.15, -0.1) is 0 Å². The summed E-state index contributed by atoms with van der Waals surface area (Å²) in [5.41, 5.74) is 6.19. The number of carbonyl (C=O) groups excluding carboxylic acids is 1. The molecule has 0 aromatic rings. The van der Waals surface area contributed by atoms with Crippen LogP contribution in [-0.2, 0) is 4.79 Å². The molecule has 1 aliphatic carbocycles. The van der Waals surface area contributed by atoms with Gasteiger partial charge in [-0.25, -0.2) is 0 Å². The maximum atomic E-state index is 12.3. The molecule has 1 amide bonds. The molecule has 2 fully saturated rings. The lowest BCUT2D eigenvalue weighted by atomic mass is 9.78. The molecular weight excluding hydrogens is 238 g/mol. The van der Waals surface area contributed by atoms with Crippen LogP contribution in [-0.4, -0.2) is 42.5 Å². The summed E-state index contributed by atoms with van der Waals surface area (Å²) in [6.45, 7) is 7.61. The maximum Gasteiger partial charge on any atom is 0.224 e. The van der Waals surface area contributed by atoms with Crippen molar-refractivity contribution in [2.75, 3.05) is 19.6 Å². The Morgan fingerprint density at radius 3 is 2.68 bits per heavy atom. The van der Waals surface area contributed by atoms with Crippen molar-refractivity contribution in [1.82, 2.24) is 10.2 Å². The summed E-state index contributed by atoms with van der Waals surface area (Å²) < 4.78 is 0. The monoisotopic (exact) mass is 267 g/mol. The molecule has 0 aromatic carbocycles. The summed E-state index contributed by atoms with van der Waals surface area (Å²) in [6.07, 6.45) is 5.84. The Hall–Kier alpha value is -0.610. The molecule has 0 bridgehead atoms. The highest BCUT2D eigenvalue weighted by molar-refractivity contribution is 5.79. The molecule has 1 saturated heterocycles. The number of carbonyl (C=O) groups is 1. The minimum absolute atomic E-state index is 0.0183. The van der Waals surface area contributed by atoms with Gasteiger partial charge in [0.05, 0.1) is 5.92 Å². The van der Waals surface area contributed by atoms with E-state index >= 15 is 0 Å². The number of nitrogens with one attached hydrogen (secondary N) is 1. The fraction of sp³-hybridized carbons (Fsp3) is 0.933. The summed E-state index contributed by atoms with van der Waals surface area (Å²) in [7, 11) is 0. The van der Waals surface area contributed by atoms with E-state index in [4.69, 9.17) is 5.73 Å². The summed E-state index contributed by atoms with van der Waals surface area (Å²) in [6, 6.07) is 0.266. The van der Waals surface area contributed by atoms with E-state index in [9.17, 15) is 4.79 Å². The number of hydrogen-bond acceptors (Lipinski definition) is 3. The van der Waals surface area contributed by atoms with Gasteiger partial charge in [0.2, 0.25) is 5.91 Å². The summed E-state index contributed by atoms with van der Waals surface area (Å²) in [4.78, 5) is 14.8. The molecule has 2 rings (SSSR count). The Morgan fingerprint density at radius 1 is 1.32 bits per heavy atom. The summed E-state index contributed by atoms with van der Waals surface area (Å²) in [5.74, 6) is 0.661. The molecule has 4 atom stereocenters. The van der Waals surface area contributed by atoms with Crippen molar-refractivity contribution in [3.05, 3.63) is 0 Å². The number of hydrogen-bond donors (Lipinski definition) is 2. The fourth-order valence-corrected chi connectivity index (χ4v) is 3.50. The van der Waals surface area contributed by atoms with Crippen LogP contribution in [0.15, 0.2) is 0 Å². The van der Waals surface area contributed by atoms with Gasteiger partial charge in [0.25, 0.3) is 0 Å². The van der Waals surface area contributed by atoms with E-state index in [2.05, 4.69) is 24.1 Å². The quantitative estimate of drug-likeness (QED) is 0.808. The minimum atomic E-state index is 0.0183. The molecule has 0 aromatic heterocycles. The van der Waals surface area contributed by atoms with Gasteiger partial charge in [0.15, 0.2) is 0 Å². The lowest BCUT2D eigenvalue weighted by Crippen LogP contribution is -2.50. The zero-order chi connectivity index (χ0) is 13.8. The van der Waals surface area contributed by atoms with Crippen molar-refractivity contribution in [2.45, 2.75) is 58.0 Å². The van der Waals surface area contributed by atoms with Crippen LogP contribution in [0, 0.1) is 11.8 Å². The van der Waals surface area contributed by atoms with Crippen LogP contribution >= 0.6 is 0 Å². The fourth-order valence-electron chi connectivity index (χ4n) is 3.50. The minimum Gasteiger partial charge on any atom is -0.352 e. The van der Waals surface area contributed by atoms with Crippen molar-refractivity contribution >= 4 is 5.91 Å². The Bertz CT molecular complexity index is 302. The SMILES string of the molecule is CC(CN1CCCC1)NC(=O)C1CCCC(C)C1N. The van der Waals surface area contributed by atoms with Gasteiger partial charge in [-0.05, 0) is 51.6 Å². The van der Waals surface area contributed by atoms with Crippen LogP contribution in [0.3, 0.4) is 0 Å². The van der Waals surface area contributed by atoms with Gasteiger partial charge in [-0.3, -0.25) is 4.79 Å². The van der Waals surface area contributed by atoms with Crippen LogP contribution in [0.4, 0.5) is 0 Å². The number of nitrogens with two attached hydrogens (primary N) is 1. The summed E-state index contributed by atoms with van der Waals surface area (Å²) in [5, 5.41) is 3.17. The molecule has 4 unspecified atom stereocenters. The highest BCUT2D eigenvalue weighted by atomic mass is 16.2. The first-order valence-corrected chi connectivity index (χ1v) is 7.86. The Morgan fingerprint density at radius 2 is 2.00 bits per heavy atom. The number of amides is 1. The number of nitrogens with zero attached hydrogens (tertiary/aromatic N) is 1. The van der Waals surface area contributed by atoms with E-state index in [1.165, 1.54) is 25.9 Å². The first kappa shape index (κ1) is 14.8. The molecule has 2 aliphatic rings. The molecular formula is C15H29N3O. The van der Waals surface area contributed by atoms with Crippen molar-refractivity contribution in [3.8, 4) is 0 Å². The maximum absolute atomic E-state index is 12.3. The van der Waals surface area contributed by atoms with Crippen LogP contribution in [0.25, 0.3) is 0 Å². The molecule has 1 heterocycles. The molecule has 0 spiro atoms. The third-order valence-electron chi connectivity index (χ3n) is 4.75. The van der Waals surface area contributed by atoms with Crippen LogP contribution < -0.4 is 11.1 Å². The second kappa shape index (κ2) is 6.71. The topological polar surface area (TPSA) is 58.4 Å².